The van der Waals surface area contributed by atoms with E-state index in [4.69, 9.17) is 0 Å². The Bertz CT molecular complexity index is 614. The molecular weight excluding hydrogens is 251 g/mol. The summed E-state index contributed by atoms with van der Waals surface area (Å²) >= 11 is 0. The van der Waals surface area contributed by atoms with Gasteiger partial charge in [-0.25, -0.2) is 13.2 Å². The lowest BCUT2D eigenvalue weighted by atomic mass is 9.91. The second kappa shape index (κ2) is 4.70. The third-order valence-electron chi connectivity index (χ3n) is 3.44. The summed E-state index contributed by atoms with van der Waals surface area (Å²) in [6, 6.07) is 7.75. The van der Waals surface area contributed by atoms with Gasteiger partial charge in [0.1, 0.15) is 0 Å². The van der Waals surface area contributed by atoms with Crippen LogP contribution in [0.15, 0.2) is 30.3 Å². The Labute approximate surface area is 109 Å². The van der Waals surface area contributed by atoms with Crippen LogP contribution in [0, 0.1) is 17.5 Å². The van der Waals surface area contributed by atoms with Crippen molar-refractivity contribution in [1.82, 2.24) is 5.32 Å². The highest BCUT2D eigenvalue weighted by molar-refractivity contribution is 5.69. The van der Waals surface area contributed by atoms with E-state index in [0.29, 0.717) is 5.56 Å². The highest BCUT2D eigenvalue weighted by Crippen LogP contribution is 2.30. The van der Waals surface area contributed by atoms with E-state index in [1.165, 1.54) is 0 Å². The van der Waals surface area contributed by atoms with Gasteiger partial charge in [-0.15, -0.1) is 0 Å². The zero-order chi connectivity index (χ0) is 13.4. The lowest BCUT2D eigenvalue weighted by Crippen LogP contribution is -2.24. The average molecular weight is 263 g/mol. The topological polar surface area (TPSA) is 12.0 Å². The maximum Gasteiger partial charge on any atom is 0.194 e. The Hall–Kier alpha value is -1.81. The summed E-state index contributed by atoms with van der Waals surface area (Å²) in [5.41, 5.74) is 3.35. The third kappa shape index (κ3) is 2.12. The molecule has 0 saturated carbocycles. The molecule has 0 radical (unpaired) electrons. The van der Waals surface area contributed by atoms with E-state index >= 15 is 0 Å². The third-order valence-corrected chi connectivity index (χ3v) is 3.44. The van der Waals surface area contributed by atoms with Crippen LogP contribution >= 0.6 is 0 Å². The highest BCUT2D eigenvalue weighted by Gasteiger charge is 2.17. The smallest absolute Gasteiger partial charge is 0.194 e. The molecule has 0 aliphatic carbocycles. The summed E-state index contributed by atoms with van der Waals surface area (Å²) < 4.78 is 39.7. The fraction of sp³-hybridized carbons (Fsp3) is 0.200. The van der Waals surface area contributed by atoms with Crippen LogP contribution in [0.25, 0.3) is 11.1 Å². The molecule has 1 nitrogen and oxygen atoms in total. The number of halogens is 3. The van der Waals surface area contributed by atoms with Crippen molar-refractivity contribution in [3.05, 3.63) is 58.9 Å². The van der Waals surface area contributed by atoms with Crippen LogP contribution in [0.1, 0.15) is 11.1 Å². The summed E-state index contributed by atoms with van der Waals surface area (Å²) in [7, 11) is 0. The summed E-state index contributed by atoms with van der Waals surface area (Å²) in [4.78, 5) is 0. The van der Waals surface area contributed by atoms with Crippen molar-refractivity contribution >= 4 is 0 Å². The predicted octanol–water partition coefficient (Wildman–Crippen LogP) is 3.42. The molecule has 0 fully saturated rings. The van der Waals surface area contributed by atoms with Crippen molar-refractivity contribution < 1.29 is 13.2 Å². The van der Waals surface area contributed by atoms with Gasteiger partial charge in [0.2, 0.25) is 0 Å². The van der Waals surface area contributed by atoms with Crippen LogP contribution in [0.3, 0.4) is 0 Å². The molecule has 4 heteroatoms. The van der Waals surface area contributed by atoms with E-state index in [1.54, 1.807) is 0 Å². The molecule has 19 heavy (non-hydrogen) atoms. The molecule has 98 valence electrons. The lowest BCUT2D eigenvalue weighted by Gasteiger charge is -2.20. The quantitative estimate of drug-likeness (QED) is 0.777. The van der Waals surface area contributed by atoms with E-state index in [9.17, 15) is 13.2 Å². The largest absolute Gasteiger partial charge is 0.312 e. The fourth-order valence-electron chi connectivity index (χ4n) is 2.51. The summed E-state index contributed by atoms with van der Waals surface area (Å²) in [6.45, 7) is 1.57. The van der Waals surface area contributed by atoms with Crippen LogP contribution in [0.2, 0.25) is 0 Å². The van der Waals surface area contributed by atoms with E-state index in [0.717, 1.165) is 48.3 Å². The zero-order valence-electron chi connectivity index (χ0n) is 10.1. The first-order chi connectivity index (χ1) is 9.16. The standard InChI is InChI=1S/C15H12F3N/c16-13-6-10(7-14(17)15(13)18)11-3-1-2-9-8-19-5-4-12(9)11/h1-3,6-7,19H,4-5,8H2. The van der Waals surface area contributed by atoms with Crippen molar-refractivity contribution in [2.75, 3.05) is 6.54 Å². The number of hydrogen-bond donors (Lipinski definition) is 1. The lowest BCUT2D eigenvalue weighted by molar-refractivity contribution is 0.447. The van der Waals surface area contributed by atoms with Gasteiger partial charge in [0.05, 0.1) is 0 Å². The van der Waals surface area contributed by atoms with Gasteiger partial charge >= 0.3 is 0 Å². The minimum atomic E-state index is -1.42. The summed E-state index contributed by atoms with van der Waals surface area (Å²) in [6.07, 6.45) is 0.798. The van der Waals surface area contributed by atoms with Gasteiger partial charge in [0, 0.05) is 6.54 Å². The summed E-state index contributed by atoms with van der Waals surface area (Å²) in [5.74, 6) is -3.72. The first kappa shape index (κ1) is 12.2. The van der Waals surface area contributed by atoms with Crippen LogP contribution in [-0.4, -0.2) is 6.54 Å². The molecule has 1 aliphatic heterocycles. The van der Waals surface area contributed by atoms with Crippen molar-refractivity contribution in [2.24, 2.45) is 0 Å². The molecule has 0 unspecified atom stereocenters. The van der Waals surface area contributed by atoms with Crippen LogP contribution < -0.4 is 5.32 Å². The summed E-state index contributed by atoms with van der Waals surface area (Å²) in [5, 5.41) is 3.24. The van der Waals surface area contributed by atoms with Crippen LogP contribution in [0.4, 0.5) is 13.2 Å². The molecule has 1 aliphatic rings. The van der Waals surface area contributed by atoms with Gasteiger partial charge in [0.25, 0.3) is 0 Å². The molecule has 0 bridgehead atoms. The van der Waals surface area contributed by atoms with E-state index in [-0.39, 0.29) is 0 Å². The molecule has 0 spiro atoms. The molecule has 2 aromatic carbocycles. The monoisotopic (exact) mass is 263 g/mol. The van der Waals surface area contributed by atoms with Crippen LogP contribution in [-0.2, 0) is 13.0 Å². The molecule has 3 rings (SSSR count). The highest BCUT2D eigenvalue weighted by atomic mass is 19.2. The molecular formula is C15H12F3N. The van der Waals surface area contributed by atoms with Crippen molar-refractivity contribution in [1.29, 1.82) is 0 Å². The van der Waals surface area contributed by atoms with Gasteiger partial charge in [0.15, 0.2) is 17.5 Å². The molecule has 0 aromatic heterocycles. The zero-order valence-corrected chi connectivity index (χ0v) is 10.1. The molecule has 0 saturated heterocycles. The first-order valence-corrected chi connectivity index (χ1v) is 6.13. The van der Waals surface area contributed by atoms with Crippen molar-refractivity contribution in [3.8, 4) is 11.1 Å². The maximum absolute atomic E-state index is 13.3. The Morgan fingerprint density at radius 2 is 1.74 bits per heavy atom. The Balaban J connectivity index is 2.17. The molecule has 0 atom stereocenters. The minimum Gasteiger partial charge on any atom is -0.312 e. The normalized spacial score (nSPS) is 14.3. The minimum absolute atomic E-state index is 0.384. The molecule has 2 aromatic rings. The number of fused-ring (bicyclic) bond motifs is 1. The van der Waals surface area contributed by atoms with E-state index in [1.807, 2.05) is 18.2 Å². The molecule has 1 heterocycles. The number of hydrogen-bond acceptors (Lipinski definition) is 1. The Morgan fingerprint density at radius 3 is 2.47 bits per heavy atom. The molecule has 0 amide bonds. The number of benzene rings is 2. The Morgan fingerprint density at radius 1 is 1.00 bits per heavy atom. The van der Waals surface area contributed by atoms with E-state index in [2.05, 4.69) is 5.32 Å². The second-order valence-electron chi connectivity index (χ2n) is 4.62. The number of rotatable bonds is 1. The predicted molar refractivity (Wildman–Crippen MR) is 67.2 cm³/mol. The SMILES string of the molecule is Fc1cc(-c2cccc3c2CCNC3)cc(F)c1F. The fourth-order valence-corrected chi connectivity index (χ4v) is 2.51. The van der Waals surface area contributed by atoms with Gasteiger partial charge in [-0.05, 0) is 47.4 Å². The molecule has 1 N–H and O–H groups in total. The van der Waals surface area contributed by atoms with Gasteiger partial charge < -0.3 is 5.32 Å². The van der Waals surface area contributed by atoms with E-state index < -0.39 is 17.5 Å². The van der Waals surface area contributed by atoms with Gasteiger partial charge in [-0.1, -0.05) is 18.2 Å². The van der Waals surface area contributed by atoms with Gasteiger partial charge in [-0.3, -0.25) is 0 Å². The second-order valence-corrected chi connectivity index (χ2v) is 4.62. The van der Waals surface area contributed by atoms with Crippen molar-refractivity contribution in [3.63, 3.8) is 0 Å². The Kier molecular flexibility index (Phi) is 3.03. The van der Waals surface area contributed by atoms with Gasteiger partial charge in [-0.2, -0.15) is 0 Å². The van der Waals surface area contributed by atoms with Crippen LogP contribution in [0.5, 0.6) is 0 Å². The average Bonchev–Trinajstić information content (AvgIpc) is 2.43. The maximum atomic E-state index is 13.3. The number of nitrogens with one attached hydrogen (secondary N) is 1. The van der Waals surface area contributed by atoms with Crippen molar-refractivity contribution in [2.45, 2.75) is 13.0 Å². The first-order valence-electron chi connectivity index (χ1n) is 6.13.